The molecule has 1 aromatic carbocycles. The topological polar surface area (TPSA) is 52.3 Å². The quantitative estimate of drug-likeness (QED) is 0.651. The maximum atomic E-state index is 5.33. The van der Waals surface area contributed by atoms with Crippen molar-refractivity contribution in [2.45, 2.75) is 6.92 Å². The highest BCUT2D eigenvalue weighted by atomic mass is 16.5. The Kier molecular flexibility index (Phi) is 1.96. The Morgan fingerprint density at radius 3 is 3.00 bits per heavy atom. The summed E-state index contributed by atoms with van der Waals surface area (Å²) in [7, 11) is 0. The lowest BCUT2D eigenvalue weighted by atomic mass is 10.2. The van der Waals surface area contributed by atoms with Crippen molar-refractivity contribution >= 4 is 16.4 Å². The van der Waals surface area contributed by atoms with Gasteiger partial charge in [-0.25, -0.2) is 0 Å². The van der Waals surface area contributed by atoms with E-state index in [1.54, 1.807) is 10.7 Å². The number of rotatable bonds is 2. The minimum Gasteiger partial charge on any atom is -0.463 e. The normalized spacial score (nSPS) is 11.1. The van der Waals surface area contributed by atoms with Crippen molar-refractivity contribution in [3.05, 3.63) is 30.5 Å². The molecule has 16 heavy (non-hydrogen) atoms. The molecule has 0 spiro atoms. The predicted molar refractivity (Wildman–Crippen MR) is 59.5 cm³/mol. The van der Waals surface area contributed by atoms with Crippen LogP contribution in [0.5, 0.6) is 6.01 Å². The molecule has 0 aliphatic heterocycles. The number of hydrogen-bond acceptors (Lipinski definition) is 4. The van der Waals surface area contributed by atoms with Crippen LogP contribution < -0.4 is 4.74 Å². The zero-order valence-electron chi connectivity index (χ0n) is 8.79. The first-order chi connectivity index (χ1) is 7.90. The van der Waals surface area contributed by atoms with Crippen molar-refractivity contribution in [3.63, 3.8) is 0 Å². The number of hydrogen-bond donors (Lipinski definition) is 0. The summed E-state index contributed by atoms with van der Waals surface area (Å²) >= 11 is 0. The molecule has 2 aromatic heterocycles. The van der Waals surface area contributed by atoms with Gasteiger partial charge in [-0.1, -0.05) is 29.4 Å². The van der Waals surface area contributed by atoms with E-state index in [9.17, 15) is 0 Å². The molecule has 0 bridgehead atoms. The second-order valence-electron chi connectivity index (χ2n) is 3.38. The standard InChI is InChI=1S/C11H10N4O/c1-2-16-11-14-13-10-9-6-4-3-5-8(9)7-12-15(10)11/h3-7H,2H2,1H3. The first-order valence-corrected chi connectivity index (χ1v) is 5.12. The second-order valence-corrected chi connectivity index (χ2v) is 3.38. The summed E-state index contributed by atoms with van der Waals surface area (Å²) in [5.41, 5.74) is 0.724. The van der Waals surface area contributed by atoms with Gasteiger partial charge in [-0.2, -0.15) is 9.61 Å². The van der Waals surface area contributed by atoms with E-state index in [-0.39, 0.29) is 0 Å². The fraction of sp³-hybridized carbons (Fsp3) is 0.182. The molecule has 5 nitrogen and oxygen atoms in total. The van der Waals surface area contributed by atoms with Crippen molar-refractivity contribution < 1.29 is 4.74 Å². The summed E-state index contributed by atoms with van der Waals surface area (Å²) in [6.45, 7) is 2.46. The van der Waals surface area contributed by atoms with Gasteiger partial charge in [-0.15, -0.1) is 5.10 Å². The number of benzene rings is 1. The Bertz CT molecular complexity index is 647. The third kappa shape index (κ3) is 1.21. The molecular weight excluding hydrogens is 204 g/mol. The van der Waals surface area contributed by atoms with Crippen molar-refractivity contribution in [1.29, 1.82) is 0 Å². The summed E-state index contributed by atoms with van der Waals surface area (Å²) in [4.78, 5) is 0. The van der Waals surface area contributed by atoms with Crippen molar-refractivity contribution in [2.24, 2.45) is 0 Å². The third-order valence-corrected chi connectivity index (χ3v) is 2.40. The van der Waals surface area contributed by atoms with E-state index >= 15 is 0 Å². The number of ether oxygens (including phenoxy) is 1. The first kappa shape index (κ1) is 9.08. The lowest BCUT2D eigenvalue weighted by Gasteiger charge is -2.00. The predicted octanol–water partition coefficient (Wildman–Crippen LogP) is 1.68. The third-order valence-electron chi connectivity index (χ3n) is 2.40. The molecule has 3 aromatic rings. The second kappa shape index (κ2) is 3.44. The summed E-state index contributed by atoms with van der Waals surface area (Å²) in [6.07, 6.45) is 1.79. The van der Waals surface area contributed by atoms with Gasteiger partial charge < -0.3 is 4.74 Å². The molecule has 0 atom stereocenters. The Morgan fingerprint density at radius 2 is 2.12 bits per heavy atom. The van der Waals surface area contributed by atoms with Crippen LogP contribution in [0.3, 0.4) is 0 Å². The van der Waals surface area contributed by atoms with Crippen LogP contribution in [-0.4, -0.2) is 26.4 Å². The fourth-order valence-electron chi connectivity index (χ4n) is 1.69. The van der Waals surface area contributed by atoms with Crippen molar-refractivity contribution in [3.8, 4) is 6.01 Å². The van der Waals surface area contributed by atoms with E-state index in [0.717, 1.165) is 16.4 Å². The molecule has 0 unspecified atom stereocenters. The minimum atomic E-state index is 0.434. The highest BCUT2D eigenvalue weighted by Gasteiger charge is 2.09. The van der Waals surface area contributed by atoms with Crippen LogP contribution in [0.1, 0.15) is 6.92 Å². The SMILES string of the molecule is CCOc1nnc2c3ccccc3cnn12. The molecule has 0 saturated heterocycles. The number of aromatic nitrogens is 4. The molecule has 0 aliphatic rings. The number of nitrogens with zero attached hydrogens (tertiary/aromatic N) is 4. The van der Waals surface area contributed by atoms with Gasteiger partial charge in [0.2, 0.25) is 0 Å². The van der Waals surface area contributed by atoms with Gasteiger partial charge in [-0.05, 0) is 6.92 Å². The zero-order chi connectivity index (χ0) is 11.0. The van der Waals surface area contributed by atoms with Gasteiger partial charge in [0.1, 0.15) is 0 Å². The van der Waals surface area contributed by atoms with Crippen molar-refractivity contribution in [1.82, 2.24) is 19.8 Å². The van der Waals surface area contributed by atoms with Gasteiger partial charge >= 0.3 is 6.01 Å². The maximum absolute atomic E-state index is 5.33. The molecule has 0 amide bonds. The Labute approximate surface area is 91.7 Å². The average Bonchev–Trinajstić information content (AvgIpc) is 2.73. The van der Waals surface area contributed by atoms with Crippen LogP contribution in [0.25, 0.3) is 16.4 Å². The van der Waals surface area contributed by atoms with E-state index in [4.69, 9.17) is 4.74 Å². The Morgan fingerprint density at radius 1 is 1.25 bits per heavy atom. The number of fused-ring (bicyclic) bond motifs is 3. The van der Waals surface area contributed by atoms with E-state index in [1.165, 1.54) is 0 Å². The molecular formula is C11H10N4O. The van der Waals surface area contributed by atoms with Gasteiger partial charge in [0.05, 0.1) is 12.8 Å². The average molecular weight is 214 g/mol. The Hall–Kier alpha value is -2.17. The fourth-order valence-corrected chi connectivity index (χ4v) is 1.69. The first-order valence-electron chi connectivity index (χ1n) is 5.12. The molecule has 0 saturated carbocycles. The van der Waals surface area contributed by atoms with E-state index < -0.39 is 0 Å². The summed E-state index contributed by atoms with van der Waals surface area (Å²) in [5, 5.41) is 14.4. The molecule has 0 radical (unpaired) electrons. The molecule has 80 valence electrons. The van der Waals surface area contributed by atoms with Gasteiger partial charge in [0, 0.05) is 10.8 Å². The van der Waals surface area contributed by atoms with Crippen LogP contribution in [0, 0.1) is 0 Å². The Balaban J connectivity index is 2.36. The van der Waals surface area contributed by atoms with E-state index in [1.807, 2.05) is 31.2 Å². The minimum absolute atomic E-state index is 0.434. The van der Waals surface area contributed by atoms with E-state index in [2.05, 4.69) is 15.3 Å². The maximum Gasteiger partial charge on any atom is 0.338 e. The molecule has 3 rings (SSSR count). The summed E-state index contributed by atoms with van der Waals surface area (Å²) in [6, 6.07) is 8.37. The lowest BCUT2D eigenvalue weighted by Crippen LogP contribution is -1.99. The van der Waals surface area contributed by atoms with Gasteiger partial charge in [0.25, 0.3) is 0 Å². The van der Waals surface area contributed by atoms with E-state index in [0.29, 0.717) is 12.6 Å². The monoisotopic (exact) mass is 214 g/mol. The van der Waals surface area contributed by atoms with Crippen LogP contribution >= 0.6 is 0 Å². The van der Waals surface area contributed by atoms with Crippen LogP contribution in [0.4, 0.5) is 0 Å². The summed E-state index contributed by atoms with van der Waals surface area (Å²) < 4.78 is 6.95. The molecule has 2 heterocycles. The largest absolute Gasteiger partial charge is 0.463 e. The lowest BCUT2D eigenvalue weighted by molar-refractivity contribution is 0.304. The van der Waals surface area contributed by atoms with Gasteiger partial charge in [-0.3, -0.25) is 0 Å². The van der Waals surface area contributed by atoms with Crippen LogP contribution in [0.15, 0.2) is 30.5 Å². The molecule has 5 heteroatoms. The summed E-state index contributed by atoms with van der Waals surface area (Å²) in [5.74, 6) is 0. The van der Waals surface area contributed by atoms with Gasteiger partial charge in [0.15, 0.2) is 5.65 Å². The molecule has 0 aliphatic carbocycles. The van der Waals surface area contributed by atoms with Crippen LogP contribution in [-0.2, 0) is 0 Å². The van der Waals surface area contributed by atoms with Crippen molar-refractivity contribution in [2.75, 3.05) is 6.61 Å². The smallest absolute Gasteiger partial charge is 0.338 e. The zero-order valence-corrected chi connectivity index (χ0v) is 8.79. The highest BCUT2D eigenvalue weighted by molar-refractivity contribution is 5.92. The molecule has 0 N–H and O–H groups in total. The highest BCUT2D eigenvalue weighted by Crippen LogP contribution is 2.19. The van der Waals surface area contributed by atoms with Crippen LogP contribution in [0.2, 0.25) is 0 Å². The molecule has 0 fully saturated rings.